The Morgan fingerprint density at radius 3 is 2.67 bits per heavy atom. The number of hydrogen-bond donors (Lipinski definition) is 1. The second-order valence-electron chi connectivity index (χ2n) is 4.62. The molecule has 0 aliphatic carbocycles. The molecule has 0 aliphatic rings. The first-order valence-electron chi connectivity index (χ1n) is 5.89. The van der Waals surface area contributed by atoms with E-state index in [2.05, 4.69) is 26.3 Å². The topological polar surface area (TPSA) is 47.1 Å². The van der Waals surface area contributed by atoms with Gasteiger partial charge in [-0.3, -0.25) is 0 Å². The van der Waals surface area contributed by atoms with E-state index in [0.29, 0.717) is 23.9 Å². The smallest absolute Gasteiger partial charge is 0.358 e. The van der Waals surface area contributed by atoms with Gasteiger partial charge in [0, 0.05) is 42.9 Å². The summed E-state index contributed by atoms with van der Waals surface area (Å²) in [6, 6.07) is 3.88. The maximum Gasteiger partial charge on any atom is 1.00 e. The molecule has 2 N–H and O–H groups in total. The molecule has 1 unspecified atom stereocenters. The number of nitrogens with zero attached hydrogens (tertiary/aromatic N) is 3. The summed E-state index contributed by atoms with van der Waals surface area (Å²) in [5, 5.41) is 4.71. The fourth-order valence-corrected chi connectivity index (χ4v) is 3.29. The molecule has 1 aromatic heterocycles. The summed E-state index contributed by atoms with van der Waals surface area (Å²) in [7, 11) is 5.34. The molecule has 1 atom stereocenters. The van der Waals surface area contributed by atoms with Gasteiger partial charge in [-0.05, 0) is 32.1 Å². The zero-order valence-corrected chi connectivity index (χ0v) is 22.1. The molecule has 1 aromatic carbocycles. The number of rotatable bonds is 5. The van der Waals surface area contributed by atoms with E-state index in [9.17, 15) is 4.39 Å². The van der Waals surface area contributed by atoms with Gasteiger partial charge in [0.2, 0.25) is 0 Å². The molecule has 0 amide bonds. The van der Waals surface area contributed by atoms with Crippen LogP contribution in [0.1, 0.15) is 5.56 Å². The second-order valence-corrected chi connectivity index (χ2v) is 6.28. The van der Waals surface area contributed by atoms with Crippen molar-refractivity contribution in [1.29, 1.82) is 0 Å². The van der Waals surface area contributed by atoms with E-state index in [1.807, 2.05) is 31.1 Å². The molecule has 2 aromatic rings. The molecule has 112 valence electrons. The third-order valence-corrected chi connectivity index (χ3v) is 4.80. The molecule has 0 saturated carbocycles. The third kappa shape index (κ3) is 5.33. The van der Waals surface area contributed by atoms with Crippen LogP contribution in [0.3, 0.4) is 0 Å². The Morgan fingerprint density at radius 1 is 1.48 bits per heavy atom. The summed E-state index contributed by atoms with van der Waals surface area (Å²) in [6.45, 7) is 0.507. The summed E-state index contributed by atoms with van der Waals surface area (Å²) in [4.78, 5) is 2.02. The SMILES string of the molecule is CN(C)C(CN)Cc1ccc2c(cnn2SI)c1F.[CH3-].[Cs+]. The van der Waals surface area contributed by atoms with Crippen LogP contribution in [-0.2, 0) is 6.42 Å². The molecule has 0 spiro atoms. The van der Waals surface area contributed by atoms with Gasteiger partial charge < -0.3 is 18.1 Å². The van der Waals surface area contributed by atoms with Crippen molar-refractivity contribution in [2.24, 2.45) is 5.73 Å². The van der Waals surface area contributed by atoms with E-state index in [4.69, 9.17) is 5.73 Å². The maximum atomic E-state index is 14.5. The van der Waals surface area contributed by atoms with Crippen LogP contribution in [0.25, 0.3) is 10.9 Å². The fraction of sp³-hybridized carbons (Fsp3) is 0.385. The number of aromatic nitrogens is 2. The van der Waals surface area contributed by atoms with Crippen molar-refractivity contribution in [1.82, 2.24) is 14.1 Å². The van der Waals surface area contributed by atoms with Gasteiger partial charge in [-0.15, -0.1) is 0 Å². The van der Waals surface area contributed by atoms with Crippen LogP contribution < -0.4 is 74.6 Å². The summed E-state index contributed by atoms with van der Waals surface area (Å²) < 4.78 is 16.2. The van der Waals surface area contributed by atoms with Crippen molar-refractivity contribution in [2.75, 3.05) is 20.6 Å². The van der Waals surface area contributed by atoms with Crippen LogP contribution in [0.15, 0.2) is 18.3 Å². The number of benzene rings is 1. The predicted molar refractivity (Wildman–Crippen MR) is 93.3 cm³/mol. The Kier molecular flexibility index (Phi) is 11.4. The zero-order valence-electron chi connectivity index (χ0n) is 12.8. The average molecular weight is 542 g/mol. The van der Waals surface area contributed by atoms with Crippen molar-refractivity contribution >= 4 is 41.2 Å². The Morgan fingerprint density at radius 2 is 2.14 bits per heavy atom. The van der Waals surface area contributed by atoms with Gasteiger partial charge in [-0.25, -0.2) is 4.39 Å². The van der Waals surface area contributed by atoms with Gasteiger partial charge in [0.1, 0.15) is 5.82 Å². The van der Waals surface area contributed by atoms with Gasteiger partial charge in [-0.1, -0.05) is 6.07 Å². The Balaban J connectivity index is 0.00000200. The van der Waals surface area contributed by atoms with Crippen LogP contribution in [0.5, 0.6) is 0 Å². The molecule has 0 fully saturated rings. The summed E-state index contributed by atoms with van der Waals surface area (Å²) in [5.74, 6) is -0.186. The quantitative estimate of drug-likeness (QED) is 0.424. The molecule has 1 heterocycles. The predicted octanol–water partition coefficient (Wildman–Crippen LogP) is -0.0926. The fourth-order valence-electron chi connectivity index (χ4n) is 2.03. The van der Waals surface area contributed by atoms with Crippen LogP contribution in [0, 0.1) is 13.2 Å². The van der Waals surface area contributed by atoms with Gasteiger partial charge in [0.25, 0.3) is 0 Å². The van der Waals surface area contributed by atoms with Gasteiger partial charge >= 0.3 is 68.9 Å². The van der Waals surface area contributed by atoms with E-state index in [1.54, 1.807) is 10.3 Å². The summed E-state index contributed by atoms with van der Waals surface area (Å²) in [5.41, 5.74) is 7.22. The van der Waals surface area contributed by atoms with Crippen LogP contribution in [-0.4, -0.2) is 40.8 Å². The number of fused-ring (bicyclic) bond motifs is 1. The Bertz CT molecular complexity index is 579. The van der Waals surface area contributed by atoms with Gasteiger partial charge in [0.05, 0.1) is 17.1 Å². The molecule has 0 aliphatic heterocycles. The van der Waals surface area contributed by atoms with Gasteiger partial charge in [0.15, 0.2) is 0 Å². The first kappa shape index (κ1) is 22.7. The monoisotopic (exact) mass is 542 g/mol. The van der Waals surface area contributed by atoms with E-state index < -0.39 is 0 Å². The minimum atomic E-state index is -0.186. The molecule has 4 nitrogen and oxygen atoms in total. The first-order chi connectivity index (χ1) is 9.08. The van der Waals surface area contributed by atoms with Crippen molar-refractivity contribution < 1.29 is 73.3 Å². The molecule has 0 bridgehead atoms. The summed E-state index contributed by atoms with van der Waals surface area (Å²) in [6.07, 6.45) is 2.18. The van der Waals surface area contributed by atoms with Crippen LogP contribution >= 0.6 is 30.3 Å². The van der Waals surface area contributed by atoms with E-state index in [0.717, 1.165) is 5.52 Å². The van der Waals surface area contributed by atoms with Crippen LogP contribution in [0.2, 0.25) is 0 Å². The van der Waals surface area contributed by atoms with E-state index in [1.165, 1.54) is 9.12 Å². The Hall–Kier alpha value is 1.67. The largest absolute Gasteiger partial charge is 1.00 e. The first-order valence-corrected chi connectivity index (χ1v) is 9.20. The van der Waals surface area contributed by atoms with Crippen molar-refractivity contribution in [3.8, 4) is 0 Å². The van der Waals surface area contributed by atoms with Crippen molar-refractivity contribution in [3.05, 3.63) is 37.1 Å². The van der Waals surface area contributed by atoms with E-state index in [-0.39, 0.29) is 88.2 Å². The minimum absolute atomic E-state index is 0. The van der Waals surface area contributed by atoms with Crippen molar-refractivity contribution in [3.63, 3.8) is 0 Å². The van der Waals surface area contributed by atoms with Crippen LogP contribution in [0.4, 0.5) is 4.39 Å². The number of hydrogen-bond acceptors (Lipinski definition) is 4. The molecule has 0 saturated heterocycles. The molecule has 8 heteroatoms. The number of likely N-dealkylation sites (N-methyl/N-ethyl adjacent to an activating group) is 1. The molecule has 21 heavy (non-hydrogen) atoms. The molecular formula is C13H19CsFIN4S. The zero-order chi connectivity index (χ0) is 14.0. The molecular weight excluding hydrogens is 523 g/mol. The van der Waals surface area contributed by atoms with E-state index >= 15 is 0 Å². The third-order valence-electron chi connectivity index (χ3n) is 3.26. The second kappa shape index (κ2) is 10.5. The molecule has 0 radical (unpaired) electrons. The molecule has 2 rings (SSSR count). The Labute approximate surface area is 200 Å². The normalized spacial score (nSPS) is 12.1. The summed E-state index contributed by atoms with van der Waals surface area (Å²) >= 11 is 2.12. The average Bonchev–Trinajstić information content (AvgIpc) is 2.81. The standard InChI is InChI=1S/C12H16FIN4S.CH3.Cs/c1-17(2)9(6-15)5-8-3-4-11-10(12(8)13)7-16-18(11)19-14;;/h3-4,7,9H,5-6,15H2,1-2H3;1H3;/q;-1;+1. The minimum Gasteiger partial charge on any atom is -0.358 e. The number of halogens is 2. The number of nitrogens with two attached hydrogens (primary N) is 1. The maximum absolute atomic E-state index is 14.5. The van der Waals surface area contributed by atoms with Crippen molar-refractivity contribution in [2.45, 2.75) is 12.5 Å². The van der Waals surface area contributed by atoms with Gasteiger partial charge in [-0.2, -0.15) is 9.19 Å².